The second kappa shape index (κ2) is 53.4. The lowest BCUT2D eigenvalue weighted by Gasteiger charge is -2.30. The van der Waals surface area contributed by atoms with Crippen molar-refractivity contribution in [3.8, 4) is 0 Å². The first kappa shape index (κ1) is 100. The minimum atomic E-state index is -3.76. The summed E-state index contributed by atoms with van der Waals surface area (Å²) in [5, 5.41) is 64.4. The number of oxime groups is 4. The van der Waals surface area contributed by atoms with Crippen LogP contribution in [0.25, 0.3) is 0 Å². The highest BCUT2D eigenvalue weighted by Gasteiger charge is 2.41. The second-order valence-corrected chi connectivity index (χ2v) is 33.9. The maximum Gasteiger partial charge on any atom is 0.265 e. The van der Waals surface area contributed by atoms with E-state index in [9.17, 15) is 101 Å². The number of nitrogens with one attached hydrogen (secondary N) is 12. The van der Waals surface area contributed by atoms with Crippen LogP contribution in [-0.4, -0.2) is 301 Å². The number of rotatable bonds is 44. The minimum absolute atomic E-state index is 0.00338. The van der Waals surface area contributed by atoms with E-state index >= 15 is 0 Å². The molecule has 3 saturated heterocycles. The number of unbranched alkanes of at least 4 members (excludes halogenated alkanes) is 4. The number of nitrogens with zero attached hydrogens (tertiary/aromatic N) is 6. The molecule has 0 radical (unpaired) electrons. The third-order valence-corrected chi connectivity index (χ3v) is 20.5. The molecule has 8 atom stereocenters. The fourth-order valence-corrected chi connectivity index (χ4v) is 13.3. The van der Waals surface area contributed by atoms with Crippen LogP contribution >= 0.6 is 0 Å². The average molecular weight is 1730 g/mol. The molecule has 656 valence electrons. The largest absolute Gasteiger partial charge is 0.396 e. The van der Waals surface area contributed by atoms with Crippen molar-refractivity contribution < 1.29 is 120 Å². The molecule has 52 heteroatoms. The quantitative estimate of drug-likeness (QED) is 0.0153. The lowest BCUT2D eigenvalue weighted by Crippen LogP contribution is -2.59. The van der Waals surface area contributed by atoms with Crippen molar-refractivity contribution in [1.82, 2.24) is 73.6 Å². The molecule has 48 nitrogen and oxygen atoms in total. The first-order valence-corrected chi connectivity index (χ1v) is 44.3. The van der Waals surface area contributed by atoms with Gasteiger partial charge in [0.1, 0.15) is 99.6 Å². The number of carbonyl (C=O) groups excluding carboxylic acids is 14. The van der Waals surface area contributed by atoms with Crippen molar-refractivity contribution in [1.29, 1.82) is 0 Å². The molecule has 14 amide bonds. The van der Waals surface area contributed by atoms with Gasteiger partial charge < -0.3 is 93.0 Å². The van der Waals surface area contributed by atoms with Crippen molar-refractivity contribution in [2.24, 2.45) is 41.2 Å². The third kappa shape index (κ3) is 45.4. The fourth-order valence-electron chi connectivity index (χ4n) is 11.2. The standard InChI is InChI=1S/C64H110N22O26S4/c1-43-57(93)83-47(19-5-9-25-71-53(89)41-77-111-31-15-35-115(67,105)106)63(99)85-27-11-21-49(85)61(97)74-38-56(92)82-46(18-4-8-24-70-52(88)40-76-110-30-14-34-114(66,103)104)60(96)80-44(2)58(94)84-48(20-6-10-26-72-54(90)42-78-112-32-16-36-116(68,107)108)64(100)86-28-12-22-50(86)62(98)73-37-55(91)81-45(59(95)79-43)17-3-7-23-69-51(87)39-75-109-29-13-33-113(65,101)102/h39-50H,3-38H2,1-2H3,(H,69,87)(H,70,88)(H,71,89)(H,72,90)(H,73,98)(H,74,97)(H,79,95)(H,80,96)(H,81,91)(H,82,92)(H,83,93)(H,84,94)(H2,65,101,102)(H2,66,103,104)(H2,67,105,106)(H2,68,107,108)/b75-39+,76-40+,77-41+,78-42+/t43-,44-,45-,46-,47-,48-,49-,50-/m0/s1. The Bertz CT molecular complexity index is 3670. The van der Waals surface area contributed by atoms with E-state index in [-0.39, 0.29) is 217 Å². The number of primary sulfonamides is 4. The van der Waals surface area contributed by atoms with E-state index in [0.717, 1.165) is 24.9 Å². The first-order valence-electron chi connectivity index (χ1n) is 37.4. The highest BCUT2D eigenvalue weighted by Crippen LogP contribution is 2.22. The molecule has 0 aromatic carbocycles. The summed E-state index contributed by atoms with van der Waals surface area (Å²) in [5.74, 6) is -13.2. The molecule has 0 bridgehead atoms. The lowest BCUT2D eigenvalue weighted by molar-refractivity contribution is -0.142. The average Bonchev–Trinajstić information content (AvgIpc) is 1.66. The van der Waals surface area contributed by atoms with Crippen molar-refractivity contribution in [2.75, 3.05) is 102 Å². The van der Waals surface area contributed by atoms with E-state index in [0.29, 0.717) is 0 Å². The van der Waals surface area contributed by atoms with Crippen LogP contribution in [0.1, 0.15) is 142 Å². The van der Waals surface area contributed by atoms with Gasteiger partial charge in [-0.25, -0.2) is 54.2 Å². The number of hydrogen-bond donors (Lipinski definition) is 16. The molecule has 0 spiro atoms. The fraction of sp³-hybridized carbons (Fsp3) is 0.719. The number of fused-ring (bicyclic) bond motifs is 2. The van der Waals surface area contributed by atoms with Crippen molar-refractivity contribution in [2.45, 2.75) is 191 Å². The molecule has 3 aliphatic rings. The van der Waals surface area contributed by atoms with Crippen molar-refractivity contribution in [3.63, 3.8) is 0 Å². The van der Waals surface area contributed by atoms with E-state index < -0.39 is 184 Å². The summed E-state index contributed by atoms with van der Waals surface area (Å²) < 4.78 is 89.5. The van der Waals surface area contributed by atoms with E-state index in [1.807, 2.05) is 0 Å². The molecular formula is C64H110N22O26S4. The molecular weight excluding hydrogens is 1620 g/mol. The van der Waals surface area contributed by atoms with Crippen molar-refractivity contribution >= 4 is 148 Å². The minimum Gasteiger partial charge on any atom is -0.396 e. The van der Waals surface area contributed by atoms with Gasteiger partial charge in [-0.1, -0.05) is 20.6 Å². The third-order valence-electron chi connectivity index (χ3n) is 17.1. The normalized spacial score (nSPS) is 21.3. The molecule has 3 rings (SSSR count). The van der Waals surface area contributed by atoms with E-state index in [1.165, 1.54) is 23.6 Å². The Balaban J connectivity index is 2.01. The highest BCUT2D eigenvalue weighted by molar-refractivity contribution is 7.89. The predicted octanol–water partition coefficient (Wildman–Crippen LogP) is -8.97. The lowest BCUT2D eigenvalue weighted by atomic mass is 10.1. The van der Waals surface area contributed by atoms with E-state index in [4.69, 9.17) is 39.9 Å². The van der Waals surface area contributed by atoms with E-state index in [1.54, 1.807) is 0 Å². The van der Waals surface area contributed by atoms with Crippen molar-refractivity contribution in [3.05, 3.63) is 0 Å². The van der Waals surface area contributed by atoms with Crippen LogP contribution in [0.15, 0.2) is 20.6 Å². The van der Waals surface area contributed by atoms with Gasteiger partial charge >= 0.3 is 0 Å². The number of hydrogen-bond acceptors (Lipinski definition) is 30. The van der Waals surface area contributed by atoms with Crippen LogP contribution in [0.4, 0.5) is 0 Å². The zero-order valence-electron chi connectivity index (χ0n) is 64.6. The Labute approximate surface area is 671 Å². The number of amides is 14. The molecule has 3 fully saturated rings. The summed E-state index contributed by atoms with van der Waals surface area (Å²) >= 11 is 0. The molecule has 116 heavy (non-hydrogen) atoms. The molecule has 0 aliphatic carbocycles. The van der Waals surface area contributed by atoms with Gasteiger partial charge in [0.2, 0.25) is 99.2 Å². The van der Waals surface area contributed by atoms with Crippen LogP contribution in [0, 0.1) is 0 Å². The highest BCUT2D eigenvalue weighted by atomic mass is 32.2. The zero-order valence-corrected chi connectivity index (χ0v) is 67.9. The van der Waals surface area contributed by atoms with Gasteiger partial charge in [-0.05, 0) is 142 Å². The summed E-state index contributed by atoms with van der Waals surface area (Å²) in [6.45, 7) is 0.190. The molecule has 0 aromatic rings. The van der Waals surface area contributed by atoms with Gasteiger partial charge in [-0.15, -0.1) is 0 Å². The van der Waals surface area contributed by atoms with Crippen LogP contribution in [-0.2, 0) is 127 Å². The van der Waals surface area contributed by atoms with Gasteiger partial charge in [0.25, 0.3) is 23.6 Å². The smallest absolute Gasteiger partial charge is 0.265 e. The molecule has 0 saturated carbocycles. The van der Waals surface area contributed by atoms with Gasteiger partial charge in [0.05, 0.1) is 36.1 Å². The van der Waals surface area contributed by atoms with Gasteiger partial charge in [-0.3, -0.25) is 67.1 Å². The SMILES string of the molecule is C[C@@H]1NC(=O)[C@H](CCCCNC(=O)/C=N/OCCCS(N)(=O)=O)NC(=O)CNC(=O)[C@@H]2CCCN2C(=O)[C@H](CCCCNC(=O)/C=N/OCCCS(N)(=O)=O)NC(=O)[C@H](C)NC(=O)[C@H](CCCCNC(=O)/C=N/OCCCS(N)(=O)=O)NC(=O)CNC(=O)[C@@H]2CCCN2C(=O)[C@H](CCCCNC(=O)/C=N/OCCCS(N)(=O)=O)NC1=O. The van der Waals surface area contributed by atoms with Gasteiger partial charge in [0, 0.05) is 39.3 Å². The maximum atomic E-state index is 14.7. The van der Waals surface area contributed by atoms with Crippen LogP contribution in [0.3, 0.4) is 0 Å². The number of carbonyl (C=O) groups is 14. The summed E-state index contributed by atoms with van der Waals surface area (Å²) in [7, 11) is -15.0. The molecule has 0 unspecified atom stereocenters. The predicted molar refractivity (Wildman–Crippen MR) is 414 cm³/mol. The summed E-state index contributed by atoms with van der Waals surface area (Å²) in [6.07, 6.45) is 4.38. The topological polar surface area (TPSA) is 717 Å². The summed E-state index contributed by atoms with van der Waals surface area (Å²) in [4.78, 5) is 215. The molecule has 3 heterocycles. The van der Waals surface area contributed by atoms with E-state index in [2.05, 4.69) is 84.4 Å². The maximum absolute atomic E-state index is 14.7. The first-order chi connectivity index (χ1) is 54.7. The van der Waals surface area contributed by atoms with Crippen LogP contribution in [0.2, 0.25) is 0 Å². The Morgan fingerprint density at radius 3 is 0.914 bits per heavy atom. The number of sulfonamides is 4. The Hall–Kier alpha value is -9.90. The van der Waals surface area contributed by atoms with Gasteiger partial charge in [-0.2, -0.15) is 0 Å². The van der Waals surface area contributed by atoms with Gasteiger partial charge in [0.15, 0.2) is 0 Å². The number of nitrogens with two attached hydrogens (primary N) is 4. The Morgan fingerprint density at radius 1 is 0.379 bits per heavy atom. The molecule has 20 N–H and O–H groups in total. The zero-order chi connectivity index (χ0) is 86.3. The second-order valence-electron chi connectivity index (χ2n) is 26.9. The molecule has 3 aliphatic heterocycles. The van der Waals surface area contributed by atoms with Crippen LogP contribution < -0.4 is 84.4 Å². The summed E-state index contributed by atoms with van der Waals surface area (Å²) in [6, 6.07) is -11.2. The monoisotopic (exact) mass is 1730 g/mol. The Kier molecular flexibility index (Phi) is 46.1. The summed E-state index contributed by atoms with van der Waals surface area (Å²) in [5.41, 5.74) is 0. The Morgan fingerprint density at radius 2 is 0.647 bits per heavy atom. The van der Waals surface area contributed by atoms with Crippen LogP contribution in [0.5, 0.6) is 0 Å². The molecule has 0 aromatic heterocycles.